The number of rotatable bonds is 5. The van der Waals surface area contributed by atoms with Crippen LogP contribution in [0, 0.1) is 6.92 Å². The first kappa shape index (κ1) is 17.3. The molecule has 1 aliphatic heterocycles. The van der Waals surface area contributed by atoms with Crippen molar-refractivity contribution in [2.45, 2.75) is 6.92 Å². The maximum absolute atomic E-state index is 12.5. The van der Waals surface area contributed by atoms with Crippen LogP contribution in [-0.4, -0.2) is 36.1 Å². The number of fused-ring (bicyclic) bond motifs is 1. The minimum atomic E-state index is -1.06. The van der Waals surface area contributed by atoms with Gasteiger partial charge in [0.1, 0.15) is 11.5 Å². The summed E-state index contributed by atoms with van der Waals surface area (Å²) in [6.45, 7) is 1.25. The molecule has 134 valence electrons. The summed E-state index contributed by atoms with van der Waals surface area (Å²) in [5.41, 5.74) is 2.20. The third kappa shape index (κ3) is 3.92. The second-order valence-electron chi connectivity index (χ2n) is 5.66. The molecule has 1 heterocycles. The number of amides is 2. The van der Waals surface area contributed by atoms with Crippen molar-refractivity contribution in [3.05, 3.63) is 47.5 Å². The molecule has 0 unspecified atom stereocenters. The molecule has 3 N–H and O–H groups in total. The van der Waals surface area contributed by atoms with Crippen LogP contribution in [0.2, 0.25) is 0 Å². The zero-order valence-corrected chi connectivity index (χ0v) is 13.9. The zero-order chi connectivity index (χ0) is 18.7. The van der Waals surface area contributed by atoms with E-state index in [0.717, 1.165) is 5.56 Å². The number of benzene rings is 2. The highest BCUT2D eigenvalue weighted by Gasteiger charge is 2.18. The molecule has 0 fully saturated rings. The Balaban J connectivity index is 1.72. The molecule has 0 saturated carbocycles. The lowest BCUT2D eigenvalue weighted by Crippen LogP contribution is -2.25. The molecule has 0 saturated heterocycles. The van der Waals surface area contributed by atoms with Crippen molar-refractivity contribution >= 4 is 29.2 Å². The van der Waals surface area contributed by atoms with E-state index in [9.17, 15) is 14.4 Å². The first-order valence-electron chi connectivity index (χ1n) is 7.75. The van der Waals surface area contributed by atoms with E-state index in [1.165, 1.54) is 0 Å². The Bertz CT molecular complexity index is 893. The average Bonchev–Trinajstić information content (AvgIpc) is 2.61. The lowest BCUT2D eigenvalue weighted by molar-refractivity contribution is -0.139. The smallest absolute Gasteiger partial charge is 0.341 e. The van der Waals surface area contributed by atoms with Crippen LogP contribution in [0.25, 0.3) is 0 Å². The number of carbonyl (C=O) groups excluding carboxylic acids is 2. The lowest BCUT2D eigenvalue weighted by atomic mass is 10.1. The number of hydrogen-bond acceptors (Lipinski definition) is 5. The number of carbonyl (C=O) groups is 3. The van der Waals surface area contributed by atoms with Crippen LogP contribution in [0.4, 0.5) is 11.4 Å². The Morgan fingerprint density at radius 2 is 2.08 bits per heavy atom. The monoisotopic (exact) mass is 356 g/mol. The molecule has 0 radical (unpaired) electrons. The largest absolute Gasteiger partial charge is 0.482 e. The van der Waals surface area contributed by atoms with Gasteiger partial charge in [0, 0.05) is 11.3 Å². The minimum absolute atomic E-state index is 0.0883. The molecular weight excluding hydrogens is 340 g/mol. The summed E-state index contributed by atoms with van der Waals surface area (Å²) in [7, 11) is 0. The Kier molecular flexibility index (Phi) is 4.74. The van der Waals surface area contributed by atoms with Gasteiger partial charge in [-0.25, -0.2) is 4.79 Å². The molecule has 0 aliphatic carbocycles. The molecule has 8 heteroatoms. The number of ether oxygens (including phenoxy) is 2. The number of anilines is 2. The van der Waals surface area contributed by atoms with E-state index in [1.807, 2.05) is 0 Å². The summed E-state index contributed by atoms with van der Waals surface area (Å²) in [6.07, 6.45) is 0. The van der Waals surface area contributed by atoms with Gasteiger partial charge in [0.05, 0.1) is 5.69 Å². The van der Waals surface area contributed by atoms with Crippen molar-refractivity contribution in [3.63, 3.8) is 0 Å². The first-order valence-corrected chi connectivity index (χ1v) is 7.75. The van der Waals surface area contributed by atoms with Crippen molar-refractivity contribution < 1.29 is 29.0 Å². The van der Waals surface area contributed by atoms with Crippen LogP contribution in [0.15, 0.2) is 36.4 Å². The third-order valence-electron chi connectivity index (χ3n) is 3.69. The molecule has 0 atom stereocenters. The van der Waals surface area contributed by atoms with Gasteiger partial charge in [-0.05, 0) is 48.9 Å². The lowest BCUT2D eigenvalue weighted by Gasteiger charge is -2.18. The predicted octanol–water partition coefficient (Wildman–Crippen LogP) is 2.04. The van der Waals surface area contributed by atoms with Gasteiger partial charge in [0.25, 0.3) is 11.8 Å². The molecule has 26 heavy (non-hydrogen) atoms. The van der Waals surface area contributed by atoms with Gasteiger partial charge >= 0.3 is 5.97 Å². The number of carboxylic acid groups (broad SMARTS) is 1. The van der Waals surface area contributed by atoms with E-state index in [1.54, 1.807) is 43.3 Å². The average molecular weight is 356 g/mol. The number of nitrogens with one attached hydrogen (secondary N) is 2. The van der Waals surface area contributed by atoms with Gasteiger partial charge < -0.3 is 25.2 Å². The van der Waals surface area contributed by atoms with Gasteiger partial charge in [-0.15, -0.1) is 0 Å². The maximum atomic E-state index is 12.5. The number of hydrogen-bond donors (Lipinski definition) is 3. The van der Waals surface area contributed by atoms with Crippen molar-refractivity contribution in [2.24, 2.45) is 0 Å². The maximum Gasteiger partial charge on any atom is 0.341 e. The summed E-state index contributed by atoms with van der Waals surface area (Å²) in [6, 6.07) is 9.62. The second kappa shape index (κ2) is 7.14. The second-order valence-corrected chi connectivity index (χ2v) is 5.66. The summed E-state index contributed by atoms with van der Waals surface area (Å²) in [4.78, 5) is 34.3. The fourth-order valence-electron chi connectivity index (χ4n) is 2.42. The van der Waals surface area contributed by atoms with E-state index in [2.05, 4.69) is 10.6 Å². The van der Waals surface area contributed by atoms with Gasteiger partial charge in [0.15, 0.2) is 13.2 Å². The van der Waals surface area contributed by atoms with Crippen LogP contribution >= 0.6 is 0 Å². The van der Waals surface area contributed by atoms with E-state index in [0.29, 0.717) is 28.4 Å². The fourth-order valence-corrected chi connectivity index (χ4v) is 2.42. The quantitative estimate of drug-likeness (QED) is 0.755. The molecule has 8 nitrogen and oxygen atoms in total. The topological polar surface area (TPSA) is 114 Å². The van der Waals surface area contributed by atoms with Crippen molar-refractivity contribution in [1.82, 2.24) is 0 Å². The highest BCUT2D eigenvalue weighted by Crippen LogP contribution is 2.29. The first-order chi connectivity index (χ1) is 12.4. The molecule has 2 aromatic rings. The molecular formula is C18H16N2O6. The van der Waals surface area contributed by atoms with Gasteiger partial charge in [-0.1, -0.05) is 0 Å². The van der Waals surface area contributed by atoms with Gasteiger partial charge in [-0.3, -0.25) is 9.59 Å². The van der Waals surface area contributed by atoms with Crippen LogP contribution < -0.4 is 20.1 Å². The molecule has 3 rings (SSSR count). The SMILES string of the molecule is Cc1cc(OCC(=O)O)ccc1NC(=O)c1ccc2c(c1)OCC(=O)N2. The van der Waals surface area contributed by atoms with Crippen LogP contribution in [0.5, 0.6) is 11.5 Å². The predicted molar refractivity (Wildman–Crippen MR) is 92.8 cm³/mol. The molecule has 0 spiro atoms. The zero-order valence-electron chi connectivity index (χ0n) is 13.9. The van der Waals surface area contributed by atoms with Crippen LogP contribution in [0.1, 0.15) is 15.9 Å². The molecule has 1 aliphatic rings. The van der Waals surface area contributed by atoms with Crippen LogP contribution in [0.3, 0.4) is 0 Å². The Hall–Kier alpha value is -3.55. The highest BCUT2D eigenvalue weighted by atomic mass is 16.5. The minimum Gasteiger partial charge on any atom is -0.482 e. The van der Waals surface area contributed by atoms with Crippen molar-refractivity contribution in [2.75, 3.05) is 23.8 Å². The van der Waals surface area contributed by atoms with Crippen LogP contribution in [-0.2, 0) is 9.59 Å². The number of aliphatic carboxylic acids is 1. The summed E-state index contributed by atoms with van der Waals surface area (Å²) in [5.74, 6) is -0.802. The number of carboxylic acids is 1. The normalized spacial score (nSPS) is 12.4. The summed E-state index contributed by atoms with van der Waals surface area (Å²) < 4.78 is 10.4. The number of aryl methyl sites for hydroxylation is 1. The third-order valence-corrected chi connectivity index (χ3v) is 3.69. The van der Waals surface area contributed by atoms with Gasteiger partial charge in [-0.2, -0.15) is 0 Å². The fraction of sp³-hybridized carbons (Fsp3) is 0.167. The molecule has 2 amide bonds. The van der Waals surface area contributed by atoms with E-state index >= 15 is 0 Å². The summed E-state index contributed by atoms with van der Waals surface area (Å²) >= 11 is 0. The molecule has 0 aromatic heterocycles. The standard InChI is InChI=1S/C18H16N2O6/c1-10-6-12(25-9-17(22)23)3-5-13(10)20-18(24)11-2-4-14-15(7-11)26-8-16(21)19-14/h2-7H,8-9H2,1H3,(H,19,21)(H,20,24)(H,22,23). The molecule has 0 bridgehead atoms. The molecule has 2 aromatic carbocycles. The van der Waals surface area contributed by atoms with Gasteiger partial charge in [0.2, 0.25) is 0 Å². The van der Waals surface area contributed by atoms with E-state index in [4.69, 9.17) is 14.6 Å². The van der Waals surface area contributed by atoms with Crippen molar-refractivity contribution in [3.8, 4) is 11.5 Å². The van der Waals surface area contributed by atoms with E-state index in [-0.39, 0.29) is 18.4 Å². The Labute approximate surface area is 148 Å². The summed E-state index contributed by atoms with van der Waals surface area (Å²) in [5, 5.41) is 14.1. The Morgan fingerprint density at radius 1 is 1.27 bits per heavy atom. The van der Waals surface area contributed by atoms with Crippen molar-refractivity contribution in [1.29, 1.82) is 0 Å². The Morgan fingerprint density at radius 3 is 2.81 bits per heavy atom. The van der Waals surface area contributed by atoms with E-state index < -0.39 is 12.6 Å². The highest BCUT2D eigenvalue weighted by molar-refractivity contribution is 6.06.